The monoisotopic (exact) mass is 389 g/mol. The van der Waals surface area contributed by atoms with E-state index in [2.05, 4.69) is 35.1 Å². The van der Waals surface area contributed by atoms with E-state index in [-0.39, 0.29) is 17.6 Å². The van der Waals surface area contributed by atoms with Gasteiger partial charge in [0.2, 0.25) is 5.91 Å². The van der Waals surface area contributed by atoms with Gasteiger partial charge in [-0.25, -0.2) is 0 Å². The van der Waals surface area contributed by atoms with Crippen LogP contribution in [0.5, 0.6) is 0 Å². The number of benzene rings is 1. The van der Waals surface area contributed by atoms with Crippen LogP contribution >= 0.6 is 0 Å². The highest BCUT2D eigenvalue weighted by atomic mass is 16.3. The van der Waals surface area contributed by atoms with Crippen molar-refractivity contribution in [3.8, 4) is 0 Å². The van der Waals surface area contributed by atoms with Gasteiger partial charge < -0.3 is 19.6 Å². The van der Waals surface area contributed by atoms with Gasteiger partial charge in [-0.15, -0.1) is 0 Å². The molecule has 0 unspecified atom stereocenters. The number of nitrogens with zero attached hydrogens (tertiary/aromatic N) is 1. The van der Waals surface area contributed by atoms with E-state index in [1.165, 1.54) is 36.6 Å². The molecule has 6 heteroatoms. The standard InChI is InChI=1S/C23H23N3O3/c1-15-13-17(16(2)26(15)20-9-10-20)8-11-22(27)24-18-5-3-6-19(14-18)25-23(28)21-7-4-12-29-21/h3-8,11-14,20H,9-10H2,1-2H3,(H,24,27)(H,25,28)/b11-8+. The summed E-state index contributed by atoms with van der Waals surface area (Å²) in [5.74, 6) is -0.341. The Balaban J connectivity index is 1.40. The van der Waals surface area contributed by atoms with Crippen LogP contribution in [0.2, 0.25) is 0 Å². The molecule has 0 aliphatic heterocycles. The Hall–Kier alpha value is -3.54. The molecule has 4 rings (SSSR count). The second-order valence-electron chi connectivity index (χ2n) is 7.26. The first-order chi connectivity index (χ1) is 14.0. The van der Waals surface area contributed by atoms with Crippen LogP contribution in [0, 0.1) is 13.8 Å². The van der Waals surface area contributed by atoms with Crippen LogP contribution in [0.25, 0.3) is 6.08 Å². The molecule has 29 heavy (non-hydrogen) atoms. The van der Waals surface area contributed by atoms with Crippen molar-refractivity contribution in [1.29, 1.82) is 0 Å². The fraction of sp³-hybridized carbons (Fsp3) is 0.217. The zero-order valence-electron chi connectivity index (χ0n) is 16.4. The third-order valence-electron chi connectivity index (χ3n) is 4.98. The maximum absolute atomic E-state index is 12.3. The zero-order valence-corrected chi connectivity index (χ0v) is 16.4. The maximum atomic E-state index is 12.3. The molecule has 0 atom stereocenters. The lowest BCUT2D eigenvalue weighted by Gasteiger charge is -2.07. The van der Waals surface area contributed by atoms with Gasteiger partial charge in [-0.1, -0.05) is 6.07 Å². The molecule has 2 N–H and O–H groups in total. The number of amides is 2. The Bertz CT molecular complexity index is 1070. The minimum Gasteiger partial charge on any atom is -0.459 e. The summed E-state index contributed by atoms with van der Waals surface area (Å²) in [7, 11) is 0. The van der Waals surface area contributed by atoms with Crippen LogP contribution in [-0.4, -0.2) is 16.4 Å². The summed E-state index contributed by atoms with van der Waals surface area (Å²) < 4.78 is 7.43. The molecule has 1 aliphatic carbocycles. The molecule has 0 bridgehead atoms. The van der Waals surface area contributed by atoms with Crippen LogP contribution in [0.1, 0.15) is 46.4 Å². The van der Waals surface area contributed by atoms with Gasteiger partial charge in [0.25, 0.3) is 5.91 Å². The van der Waals surface area contributed by atoms with Crippen molar-refractivity contribution in [1.82, 2.24) is 4.57 Å². The predicted octanol–water partition coefficient (Wildman–Crippen LogP) is 4.94. The molecule has 1 aliphatic rings. The van der Waals surface area contributed by atoms with E-state index in [0.29, 0.717) is 17.4 Å². The molecule has 1 fully saturated rings. The second kappa shape index (κ2) is 7.83. The lowest BCUT2D eigenvalue weighted by atomic mass is 10.2. The van der Waals surface area contributed by atoms with Crippen LogP contribution in [-0.2, 0) is 4.79 Å². The predicted molar refractivity (Wildman–Crippen MR) is 113 cm³/mol. The fourth-order valence-corrected chi connectivity index (χ4v) is 3.49. The van der Waals surface area contributed by atoms with Crippen molar-refractivity contribution in [2.24, 2.45) is 0 Å². The lowest BCUT2D eigenvalue weighted by Crippen LogP contribution is -2.12. The molecule has 2 aromatic heterocycles. The number of nitrogens with one attached hydrogen (secondary N) is 2. The maximum Gasteiger partial charge on any atom is 0.291 e. The first kappa shape index (κ1) is 18.8. The van der Waals surface area contributed by atoms with Crippen LogP contribution in [0.15, 0.2) is 59.2 Å². The van der Waals surface area contributed by atoms with Crippen molar-refractivity contribution in [2.45, 2.75) is 32.7 Å². The summed E-state index contributed by atoms with van der Waals surface area (Å²) >= 11 is 0. The van der Waals surface area contributed by atoms with Crippen molar-refractivity contribution < 1.29 is 14.0 Å². The first-order valence-corrected chi connectivity index (χ1v) is 9.63. The average Bonchev–Trinajstić information content (AvgIpc) is 3.26. The minimum atomic E-state index is -0.343. The number of anilines is 2. The molecule has 0 saturated heterocycles. The molecule has 0 radical (unpaired) electrons. The quantitative estimate of drug-likeness (QED) is 0.587. The highest BCUT2D eigenvalue weighted by Gasteiger charge is 2.26. The molecule has 1 aromatic carbocycles. The van der Waals surface area contributed by atoms with Gasteiger partial charge in [-0.2, -0.15) is 0 Å². The molecule has 3 aromatic rings. The Labute approximate surface area is 169 Å². The lowest BCUT2D eigenvalue weighted by molar-refractivity contribution is -0.111. The van der Waals surface area contributed by atoms with Gasteiger partial charge in [0.1, 0.15) is 0 Å². The van der Waals surface area contributed by atoms with Crippen LogP contribution in [0.4, 0.5) is 11.4 Å². The zero-order chi connectivity index (χ0) is 20.4. The smallest absolute Gasteiger partial charge is 0.291 e. The van der Waals surface area contributed by atoms with E-state index in [9.17, 15) is 9.59 Å². The van der Waals surface area contributed by atoms with Gasteiger partial charge in [0, 0.05) is 34.9 Å². The third-order valence-corrected chi connectivity index (χ3v) is 4.98. The van der Waals surface area contributed by atoms with Gasteiger partial charge in [0.05, 0.1) is 6.26 Å². The molecule has 148 valence electrons. The van der Waals surface area contributed by atoms with Crippen molar-refractivity contribution in [3.05, 3.63) is 77.5 Å². The average molecular weight is 389 g/mol. The summed E-state index contributed by atoms with van der Waals surface area (Å²) in [6, 6.07) is 13.0. The van der Waals surface area contributed by atoms with Crippen LogP contribution < -0.4 is 10.6 Å². The molecule has 0 spiro atoms. The topological polar surface area (TPSA) is 76.3 Å². The molecule has 2 heterocycles. The SMILES string of the molecule is Cc1cc(/C=C/C(=O)Nc2cccc(NC(=O)c3ccco3)c2)c(C)n1C1CC1. The molecular weight excluding hydrogens is 366 g/mol. The number of furan rings is 1. The number of aromatic nitrogens is 1. The van der Waals surface area contributed by atoms with E-state index in [4.69, 9.17) is 4.42 Å². The summed E-state index contributed by atoms with van der Waals surface area (Å²) in [5.41, 5.74) is 4.65. The van der Waals surface area contributed by atoms with Crippen LogP contribution in [0.3, 0.4) is 0 Å². The number of hydrogen-bond acceptors (Lipinski definition) is 3. The van der Waals surface area contributed by atoms with E-state index < -0.39 is 0 Å². The van der Waals surface area contributed by atoms with Crippen molar-refractivity contribution in [2.75, 3.05) is 10.6 Å². The van der Waals surface area contributed by atoms with Gasteiger partial charge in [0.15, 0.2) is 5.76 Å². The van der Waals surface area contributed by atoms with Crippen molar-refractivity contribution >= 4 is 29.3 Å². The number of hydrogen-bond donors (Lipinski definition) is 2. The summed E-state index contributed by atoms with van der Waals surface area (Å²) in [5, 5.41) is 5.57. The normalized spacial score (nSPS) is 13.6. The minimum absolute atomic E-state index is 0.226. The highest BCUT2D eigenvalue weighted by Crippen LogP contribution is 2.38. The Morgan fingerprint density at radius 3 is 2.52 bits per heavy atom. The summed E-state index contributed by atoms with van der Waals surface area (Å²) in [6.07, 6.45) is 7.28. The van der Waals surface area contributed by atoms with E-state index >= 15 is 0 Å². The van der Waals surface area contributed by atoms with Gasteiger partial charge >= 0.3 is 0 Å². The Kier molecular flexibility index (Phi) is 5.08. The first-order valence-electron chi connectivity index (χ1n) is 9.63. The van der Waals surface area contributed by atoms with Crippen molar-refractivity contribution in [3.63, 3.8) is 0 Å². The molecule has 1 saturated carbocycles. The third kappa shape index (κ3) is 4.32. The number of carbonyl (C=O) groups excluding carboxylic acids is 2. The molecule has 2 amide bonds. The van der Waals surface area contributed by atoms with Gasteiger partial charge in [-0.05, 0) is 74.7 Å². The largest absolute Gasteiger partial charge is 0.459 e. The van der Waals surface area contributed by atoms with E-state index in [0.717, 1.165) is 5.56 Å². The van der Waals surface area contributed by atoms with Gasteiger partial charge in [-0.3, -0.25) is 9.59 Å². The molecule has 6 nitrogen and oxygen atoms in total. The van der Waals surface area contributed by atoms with E-state index in [1.54, 1.807) is 36.4 Å². The summed E-state index contributed by atoms with van der Waals surface area (Å²) in [4.78, 5) is 24.4. The summed E-state index contributed by atoms with van der Waals surface area (Å²) in [6.45, 7) is 4.19. The Morgan fingerprint density at radius 2 is 1.83 bits per heavy atom. The highest BCUT2D eigenvalue weighted by molar-refractivity contribution is 6.04. The van der Waals surface area contributed by atoms with E-state index in [1.807, 2.05) is 6.08 Å². The number of carbonyl (C=O) groups is 2. The Morgan fingerprint density at radius 1 is 1.07 bits per heavy atom. The molecular formula is C23H23N3O3. The number of aryl methyl sites for hydroxylation is 1. The number of rotatable bonds is 6. The fourth-order valence-electron chi connectivity index (χ4n) is 3.49. The second-order valence-corrected chi connectivity index (χ2v) is 7.26.